The molecule has 2 aromatic carbocycles. The number of ether oxygens (including phenoxy) is 2. The van der Waals surface area contributed by atoms with E-state index < -0.39 is 6.61 Å². The predicted octanol–water partition coefficient (Wildman–Crippen LogP) is 3.55. The number of carbonyl (C=O) groups is 1. The van der Waals surface area contributed by atoms with Crippen molar-refractivity contribution in [3.63, 3.8) is 0 Å². The minimum atomic E-state index is -2.90. The van der Waals surface area contributed by atoms with E-state index in [9.17, 15) is 13.6 Å². The van der Waals surface area contributed by atoms with E-state index in [4.69, 9.17) is 4.74 Å². The highest BCUT2D eigenvalue weighted by Gasteiger charge is 2.15. The maximum Gasteiger partial charge on any atom is 0.387 e. The van der Waals surface area contributed by atoms with Gasteiger partial charge < -0.3 is 20.1 Å². The summed E-state index contributed by atoms with van der Waals surface area (Å²) in [5.74, 6) is -0.277. The number of halogens is 2. The molecule has 1 saturated heterocycles. The Balaban J connectivity index is 0.000000391. The number of anilines is 1. The number of aromatic nitrogens is 2. The van der Waals surface area contributed by atoms with Crippen molar-refractivity contribution in [2.24, 2.45) is 7.05 Å². The molecule has 164 valence electrons. The van der Waals surface area contributed by atoms with Gasteiger partial charge in [-0.3, -0.25) is 9.48 Å². The number of hydrogen-bond donors (Lipinski definition) is 2. The van der Waals surface area contributed by atoms with Crippen molar-refractivity contribution >= 4 is 11.6 Å². The van der Waals surface area contributed by atoms with Gasteiger partial charge in [0.15, 0.2) is 0 Å². The quantitative estimate of drug-likeness (QED) is 0.648. The van der Waals surface area contributed by atoms with Crippen LogP contribution in [0.5, 0.6) is 5.75 Å². The number of carbonyl (C=O) groups excluding carboxylic acids is 1. The molecule has 1 fully saturated rings. The maximum atomic E-state index is 12.4. The van der Waals surface area contributed by atoms with E-state index in [1.54, 1.807) is 37.4 Å². The summed E-state index contributed by atoms with van der Waals surface area (Å²) in [5.41, 5.74) is 2.08. The highest BCUT2D eigenvalue weighted by Crippen LogP contribution is 2.25. The zero-order valence-electron chi connectivity index (χ0n) is 17.1. The Bertz CT molecular complexity index is 964. The molecule has 0 radical (unpaired) electrons. The Morgan fingerprint density at radius 3 is 2.48 bits per heavy atom. The summed E-state index contributed by atoms with van der Waals surface area (Å²) in [6, 6.07) is 16.8. The van der Waals surface area contributed by atoms with Gasteiger partial charge in [-0.25, -0.2) is 0 Å². The summed E-state index contributed by atoms with van der Waals surface area (Å²) in [4.78, 5) is 12.4. The van der Waals surface area contributed by atoms with Crippen LogP contribution in [0.15, 0.2) is 60.7 Å². The number of para-hydroxylation sites is 1. The van der Waals surface area contributed by atoms with E-state index in [0.717, 1.165) is 26.3 Å². The first-order valence-electron chi connectivity index (χ1n) is 9.77. The number of aryl methyl sites for hydroxylation is 1. The normalized spacial score (nSPS) is 13.3. The summed E-state index contributed by atoms with van der Waals surface area (Å²) in [7, 11) is 1.64. The van der Waals surface area contributed by atoms with Crippen LogP contribution in [0.25, 0.3) is 11.3 Å². The average molecular weight is 430 g/mol. The van der Waals surface area contributed by atoms with Gasteiger partial charge in [0.25, 0.3) is 5.91 Å². The van der Waals surface area contributed by atoms with Gasteiger partial charge >= 0.3 is 6.61 Å². The van der Waals surface area contributed by atoms with Crippen LogP contribution in [0, 0.1) is 0 Å². The van der Waals surface area contributed by atoms with Crippen LogP contribution in [-0.4, -0.2) is 48.6 Å². The van der Waals surface area contributed by atoms with Crippen LogP contribution in [0.2, 0.25) is 0 Å². The van der Waals surface area contributed by atoms with E-state index in [0.29, 0.717) is 22.6 Å². The fourth-order valence-electron chi connectivity index (χ4n) is 2.88. The molecule has 0 bridgehead atoms. The number of nitrogens with one attached hydrogen (secondary N) is 2. The lowest BCUT2D eigenvalue weighted by Crippen LogP contribution is -2.30. The fraction of sp³-hybridized carbons (Fsp3) is 0.273. The summed E-state index contributed by atoms with van der Waals surface area (Å²) < 4.78 is 35.5. The molecule has 7 nitrogen and oxygen atoms in total. The minimum Gasteiger partial charge on any atom is -0.435 e. The van der Waals surface area contributed by atoms with Gasteiger partial charge in [0, 0.05) is 31.4 Å². The standard InChI is InChI=1S/C18H15F2N3O2.C4H9NO/c1-23-16(17(24)21-13-7-3-2-4-8-13)11-15(22-23)12-6-5-9-14(10-12)25-18(19)20;1-3-6-4-2-5-1/h2-11,18H,1H3,(H,21,24);5H,1-4H2. The largest absolute Gasteiger partial charge is 0.435 e. The van der Waals surface area contributed by atoms with Crippen LogP contribution < -0.4 is 15.4 Å². The number of nitrogens with zero attached hydrogens (tertiary/aromatic N) is 2. The summed E-state index contributed by atoms with van der Waals surface area (Å²) in [5, 5.41) is 10.2. The molecule has 1 aliphatic rings. The topological polar surface area (TPSA) is 77.4 Å². The Labute approximate surface area is 179 Å². The van der Waals surface area contributed by atoms with Crippen molar-refractivity contribution in [1.29, 1.82) is 0 Å². The number of amides is 1. The van der Waals surface area contributed by atoms with Crippen LogP contribution in [-0.2, 0) is 11.8 Å². The highest BCUT2D eigenvalue weighted by molar-refractivity contribution is 6.03. The first-order chi connectivity index (χ1) is 15.0. The van der Waals surface area contributed by atoms with E-state index in [-0.39, 0.29) is 11.7 Å². The molecule has 31 heavy (non-hydrogen) atoms. The summed E-state index contributed by atoms with van der Waals surface area (Å²) in [6.45, 7) is 0.936. The fourth-order valence-corrected chi connectivity index (χ4v) is 2.88. The van der Waals surface area contributed by atoms with Crippen LogP contribution in [0.3, 0.4) is 0 Å². The first kappa shape index (κ1) is 22.4. The number of rotatable bonds is 5. The molecule has 1 aromatic heterocycles. The molecular formula is C22H24F2N4O3. The third-order valence-electron chi connectivity index (χ3n) is 4.35. The Kier molecular flexibility index (Phi) is 8.08. The van der Waals surface area contributed by atoms with Crippen molar-refractivity contribution in [2.75, 3.05) is 31.6 Å². The number of morpholine rings is 1. The maximum absolute atomic E-state index is 12.4. The lowest BCUT2D eigenvalue weighted by atomic mass is 10.1. The van der Waals surface area contributed by atoms with Crippen LogP contribution in [0.4, 0.5) is 14.5 Å². The zero-order chi connectivity index (χ0) is 22.1. The molecular weight excluding hydrogens is 406 g/mol. The molecule has 4 rings (SSSR count). The number of benzene rings is 2. The Morgan fingerprint density at radius 1 is 1.13 bits per heavy atom. The van der Waals surface area contributed by atoms with Crippen molar-refractivity contribution in [2.45, 2.75) is 6.61 Å². The van der Waals surface area contributed by atoms with Crippen LogP contribution in [0.1, 0.15) is 10.5 Å². The van der Waals surface area contributed by atoms with E-state index in [1.165, 1.54) is 16.8 Å². The third kappa shape index (κ3) is 6.87. The van der Waals surface area contributed by atoms with Gasteiger partial charge in [-0.2, -0.15) is 13.9 Å². The molecule has 0 aliphatic carbocycles. The van der Waals surface area contributed by atoms with Crippen LogP contribution >= 0.6 is 0 Å². The number of alkyl halides is 2. The lowest BCUT2D eigenvalue weighted by molar-refractivity contribution is -0.0498. The molecule has 1 amide bonds. The summed E-state index contributed by atoms with van der Waals surface area (Å²) >= 11 is 0. The monoisotopic (exact) mass is 430 g/mol. The molecule has 9 heteroatoms. The second-order valence-corrected chi connectivity index (χ2v) is 6.63. The molecule has 3 aromatic rings. The zero-order valence-corrected chi connectivity index (χ0v) is 17.1. The molecule has 0 saturated carbocycles. The highest BCUT2D eigenvalue weighted by atomic mass is 19.3. The van der Waals surface area contributed by atoms with Crippen molar-refractivity contribution in [3.05, 3.63) is 66.4 Å². The lowest BCUT2D eigenvalue weighted by Gasteiger charge is -2.10. The van der Waals surface area contributed by atoms with Gasteiger partial charge in [-0.15, -0.1) is 0 Å². The second-order valence-electron chi connectivity index (χ2n) is 6.63. The molecule has 2 heterocycles. The van der Waals surface area contributed by atoms with E-state index in [1.807, 2.05) is 18.2 Å². The molecule has 1 aliphatic heterocycles. The van der Waals surface area contributed by atoms with Gasteiger partial charge in [0.1, 0.15) is 11.4 Å². The smallest absolute Gasteiger partial charge is 0.387 e. The SMILES string of the molecule is C1COCCN1.Cn1nc(-c2cccc(OC(F)F)c2)cc1C(=O)Nc1ccccc1. The Morgan fingerprint density at radius 2 is 1.87 bits per heavy atom. The molecule has 0 atom stereocenters. The van der Waals surface area contributed by atoms with Crippen molar-refractivity contribution in [3.8, 4) is 17.0 Å². The minimum absolute atomic E-state index is 0.0356. The summed E-state index contributed by atoms with van der Waals surface area (Å²) in [6.07, 6.45) is 0. The van der Waals surface area contributed by atoms with Gasteiger partial charge in [0.2, 0.25) is 0 Å². The van der Waals surface area contributed by atoms with Crippen molar-refractivity contribution < 1.29 is 23.0 Å². The third-order valence-corrected chi connectivity index (χ3v) is 4.35. The van der Waals surface area contributed by atoms with E-state index in [2.05, 4.69) is 20.5 Å². The van der Waals surface area contributed by atoms with Gasteiger partial charge in [0.05, 0.1) is 18.9 Å². The number of hydrogen-bond acceptors (Lipinski definition) is 5. The first-order valence-corrected chi connectivity index (χ1v) is 9.77. The van der Waals surface area contributed by atoms with Gasteiger partial charge in [-0.05, 0) is 30.3 Å². The molecule has 2 N–H and O–H groups in total. The van der Waals surface area contributed by atoms with Gasteiger partial charge in [-0.1, -0.05) is 30.3 Å². The van der Waals surface area contributed by atoms with Crippen molar-refractivity contribution in [1.82, 2.24) is 15.1 Å². The predicted molar refractivity (Wildman–Crippen MR) is 113 cm³/mol. The molecule has 0 spiro atoms. The average Bonchev–Trinajstić information content (AvgIpc) is 3.18. The van der Waals surface area contributed by atoms with E-state index >= 15 is 0 Å². The molecule has 0 unspecified atom stereocenters. The Hall–Kier alpha value is -3.30. The second kappa shape index (κ2) is 11.2.